The second kappa shape index (κ2) is 15.5. The van der Waals surface area contributed by atoms with Gasteiger partial charge in [0.2, 0.25) is 0 Å². The van der Waals surface area contributed by atoms with Crippen LogP contribution in [0.25, 0.3) is 15.7 Å². The van der Waals surface area contributed by atoms with Gasteiger partial charge in [-0.1, -0.05) is 61.2 Å². The van der Waals surface area contributed by atoms with Gasteiger partial charge in [-0.15, -0.1) is 11.3 Å². The second-order valence-electron chi connectivity index (χ2n) is 12.2. The van der Waals surface area contributed by atoms with Crippen LogP contribution in [0.4, 0.5) is 4.79 Å². The van der Waals surface area contributed by atoms with Crippen molar-refractivity contribution >= 4 is 50.6 Å². The van der Waals surface area contributed by atoms with Crippen LogP contribution in [0.5, 0.6) is 5.75 Å². The lowest BCUT2D eigenvalue weighted by atomic mass is 9.92. The first-order valence-electron chi connectivity index (χ1n) is 15.4. The summed E-state index contributed by atoms with van der Waals surface area (Å²) in [7, 11) is 3.20. The zero-order chi connectivity index (χ0) is 32.6. The smallest absolute Gasteiger partial charge is 0.407 e. The largest absolute Gasteiger partial charge is 0.496 e. The van der Waals surface area contributed by atoms with E-state index in [0.29, 0.717) is 16.4 Å². The first-order chi connectivity index (χ1) is 21.5. The molecule has 2 amide bonds. The monoisotopic (exact) mass is 647 g/mol. The number of alkyl carbamates (subject to hydrolysis) is 1. The highest BCUT2D eigenvalue weighted by Gasteiger charge is 2.30. The van der Waals surface area contributed by atoms with Gasteiger partial charge in [-0.25, -0.2) is 4.79 Å². The van der Waals surface area contributed by atoms with Gasteiger partial charge in [0.05, 0.1) is 18.2 Å². The number of rotatable bonds is 6. The van der Waals surface area contributed by atoms with Crippen molar-refractivity contribution in [1.29, 1.82) is 5.26 Å². The summed E-state index contributed by atoms with van der Waals surface area (Å²) in [5.41, 5.74) is 3.45. The van der Waals surface area contributed by atoms with Crippen molar-refractivity contribution in [2.45, 2.75) is 83.9 Å². The molecule has 0 spiro atoms. The van der Waals surface area contributed by atoms with Gasteiger partial charge in [-0.2, -0.15) is 5.26 Å². The fourth-order valence-electron chi connectivity index (χ4n) is 5.63. The predicted molar refractivity (Wildman–Crippen MR) is 183 cm³/mol. The predicted octanol–water partition coefficient (Wildman–Crippen LogP) is 9.31. The van der Waals surface area contributed by atoms with Crippen LogP contribution in [0.1, 0.15) is 86.5 Å². The summed E-state index contributed by atoms with van der Waals surface area (Å²) in [6, 6.07) is 16.5. The number of fused-ring (bicyclic) bond motifs is 1. The first-order valence-corrected chi connectivity index (χ1v) is 16.6. The molecule has 3 aromatic rings. The van der Waals surface area contributed by atoms with Crippen LogP contribution in [0.3, 0.4) is 0 Å². The van der Waals surface area contributed by atoms with Gasteiger partial charge in [0.1, 0.15) is 16.2 Å². The molecule has 1 N–H and O–H groups in total. The Hall–Kier alpha value is -3.80. The number of methoxy groups -OCH3 is 1. The molecule has 0 saturated heterocycles. The van der Waals surface area contributed by atoms with Crippen molar-refractivity contribution in [2.75, 3.05) is 14.2 Å². The fraction of sp³-hybridized carbons (Fsp3) is 0.417. The molecule has 1 heterocycles. The highest BCUT2D eigenvalue weighted by atomic mass is 35.5. The van der Waals surface area contributed by atoms with E-state index in [1.807, 2.05) is 68.1 Å². The Morgan fingerprint density at radius 3 is 2.49 bits per heavy atom. The Kier molecular flexibility index (Phi) is 11.7. The van der Waals surface area contributed by atoms with E-state index in [9.17, 15) is 14.9 Å². The van der Waals surface area contributed by atoms with Crippen LogP contribution in [0, 0.1) is 11.3 Å². The topological polar surface area (TPSA) is 91.7 Å². The number of ether oxygens (including phenoxy) is 2. The average molecular weight is 648 g/mol. The van der Waals surface area contributed by atoms with E-state index in [1.54, 1.807) is 7.11 Å². The molecule has 0 aliphatic heterocycles. The van der Waals surface area contributed by atoms with E-state index < -0.39 is 0 Å². The number of allylic oxidation sites excluding steroid dienone is 4. The van der Waals surface area contributed by atoms with Gasteiger partial charge in [-0.3, -0.25) is 4.79 Å². The van der Waals surface area contributed by atoms with E-state index >= 15 is 0 Å². The van der Waals surface area contributed by atoms with Crippen LogP contribution in [-0.2, 0) is 11.3 Å². The number of hydrogen-bond acceptors (Lipinski definition) is 6. The molecule has 1 aromatic heterocycles. The Morgan fingerprint density at radius 1 is 1.13 bits per heavy atom. The first kappa shape index (κ1) is 34.1. The summed E-state index contributed by atoms with van der Waals surface area (Å²) in [5.74, 6) is 0.750. The van der Waals surface area contributed by atoms with Crippen LogP contribution >= 0.6 is 22.9 Å². The molecule has 0 bridgehead atoms. The third-order valence-electron chi connectivity index (χ3n) is 7.81. The molecule has 1 saturated carbocycles. The molecule has 9 heteroatoms. The number of nitrogens with zero attached hydrogens (tertiary/aromatic N) is 2. The number of hydrogen-bond donors (Lipinski definition) is 1. The number of carbonyl (C=O) groups excluding carboxylic acids is 2. The average Bonchev–Trinajstić information content (AvgIpc) is 3.39. The van der Waals surface area contributed by atoms with Gasteiger partial charge >= 0.3 is 6.09 Å². The number of benzene rings is 2. The van der Waals surface area contributed by atoms with Crippen LogP contribution in [-0.4, -0.2) is 42.7 Å². The molecular formula is C36H42ClN3O4S. The molecule has 0 radical (unpaired) electrons. The van der Waals surface area contributed by atoms with Crippen LogP contribution < -0.4 is 10.1 Å². The maximum atomic E-state index is 14.1. The third kappa shape index (κ3) is 8.90. The van der Waals surface area contributed by atoms with Gasteiger partial charge in [0.15, 0.2) is 0 Å². The standard InChI is InChI=1S/C30H29ClN2O2S.C6H13NO2/c1-35-26-15-14-22(21-9-7-8-20(16-21)18-32)17-23(26)19-33(24-10-3-2-4-11-24)30(34)29-28(31)25-12-5-6-13-27(25)36-29;1-6(2,3)9-5(8)7-4/h5-6,9,12-17,24H,2-4,7-8,10-11,19H2,1H3;1-4H3,(H,7,8). The number of thiophene rings is 1. The minimum atomic E-state index is -0.389. The van der Waals surface area contributed by atoms with E-state index in [2.05, 4.69) is 23.5 Å². The molecular weight excluding hydrogens is 606 g/mol. The SMILES string of the molecule is CNC(=O)OC(C)(C)C.COc1ccc(C2=CCCC(C#N)=C2)cc1CN(C(=O)c1sc2ccccc2c1Cl)C1CCCCC1. The van der Waals surface area contributed by atoms with Crippen molar-refractivity contribution in [3.05, 3.63) is 81.2 Å². The molecule has 45 heavy (non-hydrogen) atoms. The summed E-state index contributed by atoms with van der Waals surface area (Å²) in [6.07, 6.45) is 10.8. The molecule has 2 aliphatic carbocycles. The maximum Gasteiger partial charge on any atom is 0.407 e. The number of carbonyl (C=O) groups is 2. The molecule has 0 atom stereocenters. The molecule has 5 rings (SSSR count). The molecule has 238 valence electrons. The van der Waals surface area contributed by atoms with Crippen LogP contribution in [0.2, 0.25) is 5.02 Å². The lowest BCUT2D eigenvalue weighted by Gasteiger charge is -2.35. The molecule has 2 aliphatic rings. The summed E-state index contributed by atoms with van der Waals surface area (Å²) in [5, 5.41) is 13.2. The number of nitriles is 1. The van der Waals surface area contributed by atoms with Gasteiger partial charge in [0, 0.05) is 40.9 Å². The summed E-state index contributed by atoms with van der Waals surface area (Å²) >= 11 is 8.22. The minimum Gasteiger partial charge on any atom is -0.496 e. The number of halogens is 1. The molecule has 1 fully saturated rings. The molecule has 2 aromatic carbocycles. The normalized spacial score (nSPS) is 15.1. The van der Waals surface area contributed by atoms with Crippen LogP contribution in [0.15, 0.2) is 60.2 Å². The third-order valence-corrected chi connectivity index (χ3v) is 9.48. The van der Waals surface area contributed by atoms with E-state index in [4.69, 9.17) is 21.1 Å². The van der Waals surface area contributed by atoms with Gasteiger partial charge in [-0.05, 0) is 81.9 Å². The lowest BCUT2D eigenvalue weighted by molar-refractivity contribution is 0.0540. The number of nitrogens with one attached hydrogen (secondary N) is 1. The molecule has 0 unspecified atom stereocenters. The molecule has 7 nitrogen and oxygen atoms in total. The minimum absolute atomic E-state index is 0.0101. The summed E-state index contributed by atoms with van der Waals surface area (Å²) in [6.45, 7) is 5.92. The van der Waals surface area contributed by atoms with Crippen molar-refractivity contribution in [1.82, 2.24) is 10.2 Å². The maximum absolute atomic E-state index is 14.1. The second-order valence-corrected chi connectivity index (χ2v) is 13.7. The highest BCUT2D eigenvalue weighted by molar-refractivity contribution is 7.21. The van der Waals surface area contributed by atoms with E-state index in [0.717, 1.165) is 76.6 Å². The highest BCUT2D eigenvalue weighted by Crippen LogP contribution is 2.38. The van der Waals surface area contributed by atoms with E-state index in [1.165, 1.54) is 24.8 Å². The Labute approximate surface area is 275 Å². The number of amides is 2. The Morgan fingerprint density at radius 2 is 1.87 bits per heavy atom. The lowest BCUT2D eigenvalue weighted by Crippen LogP contribution is -2.40. The zero-order valence-electron chi connectivity index (χ0n) is 26.7. The Bertz CT molecular complexity index is 1620. The van der Waals surface area contributed by atoms with Crippen molar-refractivity contribution < 1.29 is 19.1 Å². The summed E-state index contributed by atoms with van der Waals surface area (Å²) < 4.78 is 11.6. The summed E-state index contributed by atoms with van der Waals surface area (Å²) in [4.78, 5) is 27.2. The zero-order valence-corrected chi connectivity index (χ0v) is 28.3. The van der Waals surface area contributed by atoms with Crippen molar-refractivity contribution in [3.8, 4) is 11.8 Å². The Balaban J connectivity index is 0.000000448. The van der Waals surface area contributed by atoms with Crippen molar-refractivity contribution in [2.24, 2.45) is 0 Å². The fourth-order valence-corrected chi connectivity index (χ4v) is 7.10. The van der Waals surface area contributed by atoms with E-state index in [-0.39, 0.29) is 23.6 Å². The van der Waals surface area contributed by atoms with Gasteiger partial charge < -0.3 is 19.7 Å². The van der Waals surface area contributed by atoms with Gasteiger partial charge in [0.25, 0.3) is 5.91 Å². The quantitative estimate of drug-likeness (QED) is 0.288. The van der Waals surface area contributed by atoms with Crippen molar-refractivity contribution in [3.63, 3.8) is 0 Å².